The number of aromatic nitrogens is 2. The van der Waals surface area contributed by atoms with Crippen LogP contribution in [-0.4, -0.2) is 60.8 Å². The number of ether oxygens (including phenoxy) is 2. The fourth-order valence-electron chi connectivity index (χ4n) is 5.45. The molecule has 1 aromatic carbocycles. The minimum Gasteiger partial charge on any atom is -0.497 e. The summed E-state index contributed by atoms with van der Waals surface area (Å²) < 4.78 is 10.8. The second-order valence-corrected chi connectivity index (χ2v) is 7.81. The number of methoxy groups -OCH3 is 2. The van der Waals surface area contributed by atoms with Gasteiger partial charge in [0.25, 0.3) is 0 Å². The summed E-state index contributed by atoms with van der Waals surface area (Å²) in [6.07, 6.45) is 4.18. The highest BCUT2D eigenvalue weighted by molar-refractivity contribution is 5.48. The summed E-state index contributed by atoms with van der Waals surface area (Å²) in [4.78, 5) is 14.0. The average Bonchev–Trinajstić information content (AvgIpc) is 3.18. The highest BCUT2D eigenvalue weighted by Gasteiger charge is 2.53. The van der Waals surface area contributed by atoms with Crippen molar-refractivity contribution in [3.05, 3.63) is 42.2 Å². The van der Waals surface area contributed by atoms with E-state index in [0.29, 0.717) is 23.9 Å². The Balaban J connectivity index is 1.55. The zero-order chi connectivity index (χ0) is 18.4. The molecule has 4 aliphatic rings. The third-order valence-corrected chi connectivity index (χ3v) is 6.65. The van der Waals surface area contributed by atoms with E-state index >= 15 is 0 Å². The maximum absolute atomic E-state index is 5.49. The lowest BCUT2D eigenvalue weighted by molar-refractivity contribution is 0.0354. The largest absolute Gasteiger partial charge is 0.497 e. The van der Waals surface area contributed by atoms with Crippen molar-refractivity contribution in [3.63, 3.8) is 0 Å². The van der Waals surface area contributed by atoms with Crippen molar-refractivity contribution in [2.45, 2.75) is 30.8 Å². The Morgan fingerprint density at radius 3 is 2.63 bits per heavy atom. The smallest absolute Gasteiger partial charge is 0.218 e. The summed E-state index contributed by atoms with van der Waals surface area (Å²) in [5.41, 5.74) is 1.36. The first kappa shape index (κ1) is 16.8. The molecule has 6 heteroatoms. The maximum atomic E-state index is 5.49. The number of benzene rings is 1. The fraction of sp³-hybridized carbons (Fsp3) is 0.524. The Labute approximate surface area is 160 Å². The highest BCUT2D eigenvalue weighted by Crippen LogP contribution is 2.48. The summed E-state index contributed by atoms with van der Waals surface area (Å²) in [5.74, 6) is 3.73. The molecule has 0 radical (unpaired) electrons. The third-order valence-electron chi connectivity index (χ3n) is 6.65. The molecule has 0 unspecified atom stereocenters. The second-order valence-electron chi connectivity index (χ2n) is 7.81. The van der Waals surface area contributed by atoms with Crippen molar-refractivity contribution in [2.75, 3.05) is 38.8 Å². The molecule has 6 nitrogen and oxygen atoms in total. The summed E-state index contributed by atoms with van der Waals surface area (Å²) in [5, 5.41) is 0. The number of rotatable bonds is 4. The van der Waals surface area contributed by atoms with E-state index in [-0.39, 0.29) is 0 Å². The molecule has 0 amide bonds. The van der Waals surface area contributed by atoms with Crippen molar-refractivity contribution in [3.8, 4) is 11.6 Å². The first-order chi connectivity index (χ1) is 13.3. The van der Waals surface area contributed by atoms with Gasteiger partial charge in [0.1, 0.15) is 17.9 Å². The van der Waals surface area contributed by atoms with E-state index in [0.717, 1.165) is 24.0 Å². The molecule has 4 saturated heterocycles. The Morgan fingerprint density at radius 1 is 1.00 bits per heavy atom. The van der Waals surface area contributed by atoms with E-state index in [1.807, 2.05) is 12.1 Å². The van der Waals surface area contributed by atoms with Crippen LogP contribution in [0.3, 0.4) is 0 Å². The first-order valence-electron chi connectivity index (χ1n) is 9.79. The predicted octanol–water partition coefficient (Wildman–Crippen LogP) is 2.56. The summed E-state index contributed by atoms with van der Waals surface area (Å²) in [6.45, 7) is 3.40. The molecule has 27 heavy (non-hydrogen) atoms. The zero-order valence-electron chi connectivity index (χ0n) is 15.9. The molecule has 0 saturated carbocycles. The van der Waals surface area contributed by atoms with Crippen molar-refractivity contribution < 1.29 is 9.47 Å². The molecule has 6 rings (SSSR count). The molecule has 5 heterocycles. The highest BCUT2D eigenvalue weighted by atomic mass is 16.5. The molecule has 4 aliphatic heterocycles. The molecular weight excluding hydrogens is 340 g/mol. The van der Waals surface area contributed by atoms with Crippen LogP contribution in [0.1, 0.15) is 24.3 Å². The van der Waals surface area contributed by atoms with Crippen molar-refractivity contribution in [1.29, 1.82) is 0 Å². The standard InChI is InChI=1S/C21H26N4O2/c1-26-16-5-3-4-15(10-16)17-12-25(18-11-19(27-2)23-13-22-18)20-14-6-8-24(9-7-14)21(17)20/h3-5,10-11,13-14,17,20-21H,6-9,12H2,1-2H3/t17-,20+,21+/m0/s1. The van der Waals surface area contributed by atoms with E-state index in [1.54, 1.807) is 20.5 Å². The Morgan fingerprint density at radius 2 is 1.85 bits per heavy atom. The Bertz CT molecular complexity index is 754. The van der Waals surface area contributed by atoms with Gasteiger partial charge in [-0.05, 0) is 49.5 Å². The topological polar surface area (TPSA) is 50.7 Å². The summed E-state index contributed by atoms with van der Waals surface area (Å²) in [7, 11) is 3.40. The molecule has 0 aliphatic carbocycles. The SMILES string of the molecule is COc1cccc([C@@H]2CN(c3cc(OC)ncn3)[C@@H]3C4CCN(CC4)[C@@H]32)c1. The van der Waals surface area contributed by atoms with Crippen molar-refractivity contribution in [1.82, 2.24) is 14.9 Å². The van der Waals surface area contributed by atoms with Gasteiger partial charge in [-0.25, -0.2) is 9.97 Å². The second kappa shape index (κ2) is 6.68. The number of fused-ring (bicyclic) bond motifs is 2. The van der Waals surface area contributed by atoms with Crippen LogP contribution in [0, 0.1) is 5.92 Å². The lowest BCUT2D eigenvalue weighted by Crippen LogP contribution is -2.60. The van der Waals surface area contributed by atoms with E-state index in [4.69, 9.17) is 9.47 Å². The van der Waals surface area contributed by atoms with Gasteiger partial charge in [-0.3, -0.25) is 4.90 Å². The molecule has 1 aromatic heterocycles. The van der Waals surface area contributed by atoms with Gasteiger partial charge in [-0.2, -0.15) is 0 Å². The Hall–Kier alpha value is -2.34. The van der Waals surface area contributed by atoms with E-state index in [2.05, 4.69) is 38.0 Å². The van der Waals surface area contributed by atoms with Crippen molar-refractivity contribution in [2.24, 2.45) is 5.92 Å². The van der Waals surface area contributed by atoms with Crippen LogP contribution in [-0.2, 0) is 0 Å². The van der Waals surface area contributed by atoms with Crippen LogP contribution in [0.2, 0.25) is 0 Å². The van der Waals surface area contributed by atoms with Gasteiger partial charge in [-0.15, -0.1) is 0 Å². The fourth-order valence-corrected chi connectivity index (χ4v) is 5.45. The number of piperidine rings is 3. The predicted molar refractivity (Wildman–Crippen MR) is 104 cm³/mol. The van der Waals surface area contributed by atoms with Crippen LogP contribution in [0.25, 0.3) is 0 Å². The monoisotopic (exact) mass is 366 g/mol. The summed E-state index contributed by atoms with van der Waals surface area (Å²) >= 11 is 0. The normalized spacial score (nSPS) is 31.6. The molecule has 0 spiro atoms. The van der Waals surface area contributed by atoms with Gasteiger partial charge < -0.3 is 14.4 Å². The number of hydrogen-bond acceptors (Lipinski definition) is 6. The first-order valence-corrected chi connectivity index (χ1v) is 9.79. The molecule has 2 bridgehead atoms. The molecule has 0 N–H and O–H groups in total. The van der Waals surface area contributed by atoms with Crippen molar-refractivity contribution >= 4 is 5.82 Å². The van der Waals surface area contributed by atoms with Gasteiger partial charge in [0.05, 0.1) is 14.2 Å². The number of anilines is 1. The minimum atomic E-state index is 0.453. The van der Waals surface area contributed by atoms with E-state index in [9.17, 15) is 0 Å². The molecular formula is C21H26N4O2. The lowest BCUT2D eigenvalue weighted by Gasteiger charge is -2.51. The van der Waals surface area contributed by atoms with Gasteiger partial charge in [-0.1, -0.05) is 12.1 Å². The van der Waals surface area contributed by atoms with Gasteiger partial charge >= 0.3 is 0 Å². The van der Waals surface area contributed by atoms with Crippen LogP contribution in [0.15, 0.2) is 36.7 Å². The lowest BCUT2D eigenvalue weighted by atomic mass is 9.75. The maximum Gasteiger partial charge on any atom is 0.218 e. The quantitative estimate of drug-likeness (QED) is 0.829. The van der Waals surface area contributed by atoms with Crippen LogP contribution >= 0.6 is 0 Å². The van der Waals surface area contributed by atoms with E-state index in [1.165, 1.54) is 31.5 Å². The average molecular weight is 366 g/mol. The van der Waals surface area contributed by atoms with E-state index < -0.39 is 0 Å². The zero-order valence-corrected chi connectivity index (χ0v) is 15.9. The van der Waals surface area contributed by atoms with Crippen LogP contribution in [0.4, 0.5) is 5.82 Å². The third kappa shape index (κ3) is 2.74. The number of nitrogens with zero attached hydrogens (tertiary/aromatic N) is 4. The molecule has 142 valence electrons. The molecule has 2 aromatic rings. The number of hydrogen-bond donors (Lipinski definition) is 0. The Kier molecular flexibility index (Phi) is 4.16. The van der Waals surface area contributed by atoms with Gasteiger partial charge in [0.15, 0.2) is 0 Å². The van der Waals surface area contributed by atoms with Crippen LogP contribution < -0.4 is 14.4 Å². The molecule has 3 atom stereocenters. The minimum absolute atomic E-state index is 0.453. The molecule has 4 fully saturated rings. The van der Waals surface area contributed by atoms with Gasteiger partial charge in [0.2, 0.25) is 5.88 Å². The summed E-state index contributed by atoms with van der Waals surface area (Å²) in [6, 6.07) is 11.6. The van der Waals surface area contributed by atoms with Gasteiger partial charge in [0, 0.05) is 30.6 Å². The van der Waals surface area contributed by atoms with Crippen LogP contribution in [0.5, 0.6) is 11.6 Å².